The van der Waals surface area contributed by atoms with Crippen molar-refractivity contribution in [2.45, 2.75) is 33.6 Å². The lowest BCUT2D eigenvalue weighted by molar-refractivity contribution is -0.116. The summed E-state index contributed by atoms with van der Waals surface area (Å²) in [5.74, 6) is 1.40. The van der Waals surface area contributed by atoms with Gasteiger partial charge in [0.25, 0.3) is 0 Å². The van der Waals surface area contributed by atoms with Crippen molar-refractivity contribution in [2.75, 3.05) is 23.8 Å². The Morgan fingerprint density at radius 1 is 1.12 bits per heavy atom. The fourth-order valence-corrected chi connectivity index (χ4v) is 2.28. The van der Waals surface area contributed by atoms with Crippen molar-refractivity contribution in [2.24, 2.45) is 0 Å². The summed E-state index contributed by atoms with van der Waals surface area (Å²) in [5.41, 5.74) is 2.63. The summed E-state index contributed by atoms with van der Waals surface area (Å²) >= 11 is 0. The van der Waals surface area contributed by atoms with Gasteiger partial charge in [0.15, 0.2) is 0 Å². The van der Waals surface area contributed by atoms with Gasteiger partial charge in [-0.2, -0.15) is 0 Å². The van der Waals surface area contributed by atoms with Gasteiger partial charge in [0.05, 0.1) is 6.61 Å². The molecule has 0 aliphatic rings. The number of nitrogens with one attached hydrogen (secondary N) is 2. The largest absolute Gasteiger partial charge is 0.494 e. The monoisotopic (exact) mass is 328 g/mol. The fourth-order valence-electron chi connectivity index (χ4n) is 2.28. The topological polar surface area (TPSA) is 76.1 Å². The zero-order chi connectivity index (χ0) is 17.4. The molecule has 1 aromatic heterocycles. The van der Waals surface area contributed by atoms with Crippen LogP contribution in [0.3, 0.4) is 0 Å². The normalized spacial score (nSPS) is 10.3. The van der Waals surface area contributed by atoms with Crippen molar-refractivity contribution >= 4 is 17.5 Å². The highest BCUT2D eigenvalue weighted by molar-refractivity contribution is 5.90. The number of ether oxygens (including phenoxy) is 1. The molecule has 0 saturated heterocycles. The standard InChI is InChI=1S/C18H24N4O2/c1-4-24-16-9-7-15(8-10-16)22-17(23)6-5-11-19-18-20-13(2)12-14(3)21-18/h7-10,12H,4-6,11H2,1-3H3,(H,22,23)(H,19,20,21). The molecule has 24 heavy (non-hydrogen) atoms. The van der Waals surface area contributed by atoms with E-state index in [2.05, 4.69) is 20.6 Å². The molecule has 6 heteroatoms. The van der Waals surface area contributed by atoms with Crippen molar-refractivity contribution in [1.29, 1.82) is 0 Å². The Morgan fingerprint density at radius 2 is 1.79 bits per heavy atom. The molecule has 0 saturated carbocycles. The van der Waals surface area contributed by atoms with E-state index in [1.165, 1.54) is 0 Å². The third-order valence-electron chi connectivity index (χ3n) is 3.30. The lowest BCUT2D eigenvalue weighted by atomic mass is 10.2. The van der Waals surface area contributed by atoms with Gasteiger partial charge in [-0.25, -0.2) is 9.97 Å². The Balaban J connectivity index is 1.71. The Hall–Kier alpha value is -2.63. The summed E-state index contributed by atoms with van der Waals surface area (Å²) in [7, 11) is 0. The molecule has 2 rings (SSSR count). The maximum Gasteiger partial charge on any atom is 0.224 e. The minimum Gasteiger partial charge on any atom is -0.494 e. The Labute approximate surface area is 142 Å². The molecular formula is C18H24N4O2. The number of carbonyl (C=O) groups is 1. The molecule has 6 nitrogen and oxygen atoms in total. The first kappa shape index (κ1) is 17.7. The van der Waals surface area contributed by atoms with Crippen LogP contribution in [0.2, 0.25) is 0 Å². The summed E-state index contributed by atoms with van der Waals surface area (Å²) in [6, 6.07) is 9.29. The molecule has 1 heterocycles. The van der Waals surface area contributed by atoms with E-state index in [0.29, 0.717) is 31.9 Å². The predicted octanol–water partition coefficient (Wildman–Crippen LogP) is 3.32. The van der Waals surface area contributed by atoms with Crippen LogP contribution in [0.5, 0.6) is 5.75 Å². The zero-order valence-electron chi connectivity index (χ0n) is 14.4. The van der Waals surface area contributed by atoms with E-state index in [4.69, 9.17) is 4.74 Å². The van der Waals surface area contributed by atoms with E-state index < -0.39 is 0 Å². The van der Waals surface area contributed by atoms with Gasteiger partial charge in [0.2, 0.25) is 11.9 Å². The van der Waals surface area contributed by atoms with Crippen LogP contribution < -0.4 is 15.4 Å². The summed E-state index contributed by atoms with van der Waals surface area (Å²) in [6.45, 7) is 7.09. The second kappa shape index (κ2) is 8.86. The van der Waals surface area contributed by atoms with Crippen LogP contribution in [-0.2, 0) is 4.79 Å². The number of aromatic nitrogens is 2. The highest BCUT2D eigenvalue weighted by atomic mass is 16.5. The Morgan fingerprint density at radius 3 is 2.42 bits per heavy atom. The molecule has 0 atom stereocenters. The number of hydrogen-bond acceptors (Lipinski definition) is 5. The molecule has 0 fully saturated rings. The molecule has 2 N–H and O–H groups in total. The van der Waals surface area contributed by atoms with E-state index in [1.807, 2.05) is 51.1 Å². The first-order chi connectivity index (χ1) is 11.6. The van der Waals surface area contributed by atoms with E-state index >= 15 is 0 Å². The molecule has 1 aromatic carbocycles. The van der Waals surface area contributed by atoms with Gasteiger partial charge in [-0.3, -0.25) is 4.79 Å². The second-order valence-electron chi connectivity index (χ2n) is 5.51. The van der Waals surface area contributed by atoms with Crippen LogP contribution in [0.4, 0.5) is 11.6 Å². The number of amides is 1. The van der Waals surface area contributed by atoms with Crippen LogP contribution in [-0.4, -0.2) is 29.0 Å². The smallest absolute Gasteiger partial charge is 0.224 e. The molecule has 0 radical (unpaired) electrons. The van der Waals surface area contributed by atoms with Crippen LogP contribution in [0, 0.1) is 13.8 Å². The van der Waals surface area contributed by atoms with Gasteiger partial charge in [-0.15, -0.1) is 0 Å². The van der Waals surface area contributed by atoms with E-state index in [9.17, 15) is 4.79 Å². The van der Waals surface area contributed by atoms with Crippen molar-refractivity contribution in [3.63, 3.8) is 0 Å². The third kappa shape index (κ3) is 5.87. The lowest BCUT2D eigenvalue weighted by Gasteiger charge is -2.08. The SMILES string of the molecule is CCOc1ccc(NC(=O)CCCNc2nc(C)cc(C)n2)cc1. The zero-order valence-corrected chi connectivity index (χ0v) is 14.4. The first-order valence-electron chi connectivity index (χ1n) is 8.15. The van der Waals surface area contributed by atoms with Gasteiger partial charge >= 0.3 is 0 Å². The maximum absolute atomic E-state index is 11.9. The van der Waals surface area contributed by atoms with Gasteiger partial charge in [-0.05, 0) is 57.5 Å². The van der Waals surface area contributed by atoms with Crippen molar-refractivity contribution in [3.05, 3.63) is 41.7 Å². The van der Waals surface area contributed by atoms with Crippen LogP contribution >= 0.6 is 0 Å². The third-order valence-corrected chi connectivity index (χ3v) is 3.30. The maximum atomic E-state index is 11.9. The molecule has 0 bridgehead atoms. The molecule has 0 spiro atoms. The van der Waals surface area contributed by atoms with E-state index in [0.717, 1.165) is 22.8 Å². The lowest BCUT2D eigenvalue weighted by Crippen LogP contribution is -2.14. The van der Waals surface area contributed by atoms with Crippen LogP contribution in [0.1, 0.15) is 31.2 Å². The number of aryl methyl sites for hydroxylation is 2. The van der Waals surface area contributed by atoms with E-state index in [-0.39, 0.29) is 5.91 Å². The van der Waals surface area contributed by atoms with Crippen LogP contribution in [0.25, 0.3) is 0 Å². The van der Waals surface area contributed by atoms with Gasteiger partial charge in [-0.1, -0.05) is 0 Å². The minimum absolute atomic E-state index is 0.0118. The molecule has 0 aliphatic carbocycles. The van der Waals surface area contributed by atoms with Gasteiger partial charge in [0, 0.05) is 30.0 Å². The highest BCUT2D eigenvalue weighted by Gasteiger charge is 2.04. The molecular weight excluding hydrogens is 304 g/mol. The minimum atomic E-state index is -0.0118. The van der Waals surface area contributed by atoms with Crippen molar-refractivity contribution in [3.8, 4) is 5.75 Å². The molecule has 1 amide bonds. The molecule has 0 aliphatic heterocycles. The van der Waals surface area contributed by atoms with Crippen LogP contribution in [0.15, 0.2) is 30.3 Å². The number of hydrogen-bond donors (Lipinski definition) is 2. The number of rotatable bonds is 8. The molecule has 0 unspecified atom stereocenters. The number of anilines is 2. The summed E-state index contributed by atoms with van der Waals surface area (Å²) < 4.78 is 5.37. The Kier molecular flexibility index (Phi) is 6.54. The van der Waals surface area contributed by atoms with Gasteiger partial charge < -0.3 is 15.4 Å². The van der Waals surface area contributed by atoms with E-state index in [1.54, 1.807) is 0 Å². The van der Waals surface area contributed by atoms with Crippen molar-refractivity contribution < 1.29 is 9.53 Å². The average molecular weight is 328 g/mol. The fraction of sp³-hybridized carbons (Fsp3) is 0.389. The van der Waals surface area contributed by atoms with Gasteiger partial charge in [0.1, 0.15) is 5.75 Å². The molecule has 2 aromatic rings. The quantitative estimate of drug-likeness (QED) is 0.727. The summed E-state index contributed by atoms with van der Waals surface area (Å²) in [4.78, 5) is 20.6. The number of benzene rings is 1. The van der Waals surface area contributed by atoms with Crippen molar-refractivity contribution in [1.82, 2.24) is 9.97 Å². The first-order valence-corrected chi connectivity index (χ1v) is 8.15. The average Bonchev–Trinajstić information content (AvgIpc) is 2.53. The number of carbonyl (C=O) groups excluding carboxylic acids is 1. The summed E-state index contributed by atoms with van der Waals surface area (Å²) in [6.07, 6.45) is 1.14. The molecule has 128 valence electrons. The highest BCUT2D eigenvalue weighted by Crippen LogP contribution is 2.15. The summed E-state index contributed by atoms with van der Waals surface area (Å²) in [5, 5.41) is 6.02. The number of nitrogens with zero attached hydrogens (tertiary/aromatic N) is 2. The predicted molar refractivity (Wildman–Crippen MR) is 95.5 cm³/mol. The Bertz CT molecular complexity index is 651. The second-order valence-corrected chi connectivity index (χ2v) is 5.51.